The predicted octanol–water partition coefficient (Wildman–Crippen LogP) is 3.70. The van der Waals surface area contributed by atoms with Gasteiger partial charge in [-0.1, -0.05) is 17.7 Å². The van der Waals surface area contributed by atoms with Gasteiger partial charge in [-0.3, -0.25) is 4.68 Å². The molecule has 0 radical (unpaired) electrons. The minimum Gasteiger partial charge on any atom is -0.388 e. The van der Waals surface area contributed by atoms with Crippen molar-refractivity contribution in [2.24, 2.45) is 0 Å². The van der Waals surface area contributed by atoms with Gasteiger partial charge in [-0.05, 0) is 50.1 Å². The number of aliphatic hydroxyl groups is 1. The Bertz CT molecular complexity index is 563. The van der Waals surface area contributed by atoms with E-state index in [4.69, 9.17) is 11.6 Å². The Morgan fingerprint density at radius 3 is 2.63 bits per heavy atom. The minimum absolute atomic E-state index is 0.336. The van der Waals surface area contributed by atoms with Gasteiger partial charge in [0.2, 0.25) is 0 Å². The van der Waals surface area contributed by atoms with Crippen LogP contribution in [-0.2, 0) is 6.42 Å². The zero-order valence-electron chi connectivity index (χ0n) is 11.5. The van der Waals surface area contributed by atoms with Crippen LogP contribution in [0.3, 0.4) is 0 Å². The molecule has 2 aromatic rings. The third kappa shape index (κ3) is 3.37. The van der Waals surface area contributed by atoms with Crippen molar-refractivity contribution in [3.8, 4) is 0 Å². The van der Waals surface area contributed by atoms with E-state index in [0.29, 0.717) is 17.5 Å². The lowest BCUT2D eigenvalue weighted by Gasteiger charge is -2.13. The molecular weight excluding hydrogens is 260 g/mol. The summed E-state index contributed by atoms with van der Waals surface area (Å²) < 4.78 is 1.90. The molecule has 1 unspecified atom stereocenters. The first-order valence-corrected chi connectivity index (χ1v) is 6.83. The van der Waals surface area contributed by atoms with E-state index in [2.05, 4.69) is 18.9 Å². The van der Waals surface area contributed by atoms with E-state index < -0.39 is 6.10 Å². The number of rotatable bonds is 4. The van der Waals surface area contributed by atoms with Gasteiger partial charge in [-0.2, -0.15) is 5.10 Å². The molecule has 0 spiro atoms. The fourth-order valence-electron chi connectivity index (χ4n) is 2.09. The van der Waals surface area contributed by atoms with Crippen molar-refractivity contribution >= 4 is 11.6 Å². The summed E-state index contributed by atoms with van der Waals surface area (Å²) in [5.41, 5.74) is 2.81. The van der Waals surface area contributed by atoms with E-state index in [1.54, 1.807) is 6.07 Å². The number of aliphatic hydroxyl groups excluding tert-OH is 1. The number of aryl methyl sites for hydroxylation is 1. The number of nitrogens with zero attached hydrogens (tertiary/aromatic N) is 2. The Morgan fingerprint density at radius 2 is 2.05 bits per heavy atom. The highest BCUT2D eigenvalue weighted by atomic mass is 35.5. The first-order chi connectivity index (χ1) is 8.97. The predicted molar refractivity (Wildman–Crippen MR) is 77.5 cm³/mol. The second-order valence-electron chi connectivity index (χ2n) is 5.10. The summed E-state index contributed by atoms with van der Waals surface area (Å²) in [7, 11) is 0. The molecule has 0 saturated carbocycles. The molecule has 0 aliphatic carbocycles. The molecule has 0 saturated heterocycles. The third-order valence-electron chi connectivity index (χ3n) is 3.19. The van der Waals surface area contributed by atoms with Gasteiger partial charge >= 0.3 is 0 Å². The molecular formula is C15H19ClN2O. The van der Waals surface area contributed by atoms with Gasteiger partial charge in [-0.15, -0.1) is 0 Å². The quantitative estimate of drug-likeness (QED) is 0.926. The molecule has 1 aromatic carbocycles. The SMILES string of the molecule is Cc1cc(Cl)ccc1C(O)Cc1ccn(C(C)C)n1. The molecule has 19 heavy (non-hydrogen) atoms. The van der Waals surface area contributed by atoms with Crippen LogP contribution in [0.1, 0.15) is 42.8 Å². The van der Waals surface area contributed by atoms with E-state index in [9.17, 15) is 5.11 Å². The van der Waals surface area contributed by atoms with E-state index in [0.717, 1.165) is 16.8 Å². The summed E-state index contributed by atoms with van der Waals surface area (Å²) in [6, 6.07) is 7.84. The van der Waals surface area contributed by atoms with Crippen LogP contribution in [-0.4, -0.2) is 14.9 Å². The van der Waals surface area contributed by atoms with Crippen molar-refractivity contribution in [2.45, 2.75) is 39.3 Å². The van der Waals surface area contributed by atoms with Crippen molar-refractivity contribution < 1.29 is 5.11 Å². The maximum atomic E-state index is 10.3. The molecule has 3 nitrogen and oxygen atoms in total. The molecule has 4 heteroatoms. The number of aromatic nitrogens is 2. The fourth-order valence-corrected chi connectivity index (χ4v) is 2.32. The molecule has 0 bridgehead atoms. The number of hydrogen-bond donors (Lipinski definition) is 1. The molecule has 0 aliphatic rings. The number of benzene rings is 1. The summed E-state index contributed by atoms with van der Waals surface area (Å²) in [6.45, 7) is 6.12. The minimum atomic E-state index is -0.548. The molecule has 1 N–H and O–H groups in total. The lowest BCUT2D eigenvalue weighted by molar-refractivity contribution is 0.176. The normalized spacial score (nSPS) is 12.9. The third-order valence-corrected chi connectivity index (χ3v) is 3.42. The Hall–Kier alpha value is -1.32. The van der Waals surface area contributed by atoms with Crippen molar-refractivity contribution in [1.29, 1.82) is 0 Å². The van der Waals surface area contributed by atoms with Gasteiger partial charge in [0.1, 0.15) is 0 Å². The molecule has 102 valence electrons. The van der Waals surface area contributed by atoms with Gasteiger partial charge in [0.25, 0.3) is 0 Å². The maximum absolute atomic E-state index is 10.3. The maximum Gasteiger partial charge on any atom is 0.0848 e. The van der Waals surface area contributed by atoms with Crippen LogP contribution < -0.4 is 0 Å². The highest BCUT2D eigenvalue weighted by Crippen LogP contribution is 2.24. The zero-order chi connectivity index (χ0) is 14.0. The molecule has 1 aromatic heterocycles. The van der Waals surface area contributed by atoms with Crippen LogP contribution >= 0.6 is 11.6 Å². The average molecular weight is 279 g/mol. The zero-order valence-corrected chi connectivity index (χ0v) is 12.2. The summed E-state index contributed by atoms with van der Waals surface area (Å²) in [4.78, 5) is 0. The van der Waals surface area contributed by atoms with Crippen molar-refractivity contribution in [2.75, 3.05) is 0 Å². The first-order valence-electron chi connectivity index (χ1n) is 6.45. The van der Waals surface area contributed by atoms with E-state index in [1.165, 1.54) is 0 Å². The monoisotopic (exact) mass is 278 g/mol. The highest BCUT2D eigenvalue weighted by Gasteiger charge is 2.13. The van der Waals surface area contributed by atoms with Gasteiger partial charge in [-0.25, -0.2) is 0 Å². The van der Waals surface area contributed by atoms with Gasteiger partial charge < -0.3 is 5.11 Å². The van der Waals surface area contributed by atoms with Gasteiger partial charge in [0.05, 0.1) is 11.8 Å². The Labute approximate surface area is 118 Å². The van der Waals surface area contributed by atoms with Crippen LogP contribution in [0.4, 0.5) is 0 Å². The first kappa shape index (κ1) is 14.1. The van der Waals surface area contributed by atoms with Gasteiger partial charge in [0, 0.05) is 23.7 Å². The Kier molecular flexibility index (Phi) is 4.27. The molecule has 2 rings (SSSR count). The van der Waals surface area contributed by atoms with Gasteiger partial charge in [0.15, 0.2) is 0 Å². The van der Waals surface area contributed by atoms with E-state index in [-0.39, 0.29) is 0 Å². The lowest BCUT2D eigenvalue weighted by Crippen LogP contribution is -2.06. The van der Waals surface area contributed by atoms with E-state index >= 15 is 0 Å². The largest absolute Gasteiger partial charge is 0.388 e. The summed E-state index contributed by atoms with van der Waals surface area (Å²) in [6.07, 6.45) is 1.91. The van der Waals surface area contributed by atoms with E-state index in [1.807, 2.05) is 36.0 Å². The summed E-state index contributed by atoms with van der Waals surface area (Å²) >= 11 is 5.92. The smallest absolute Gasteiger partial charge is 0.0848 e. The van der Waals surface area contributed by atoms with Crippen molar-refractivity contribution in [3.05, 3.63) is 52.3 Å². The van der Waals surface area contributed by atoms with Crippen LogP contribution in [0.25, 0.3) is 0 Å². The van der Waals surface area contributed by atoms with Crippen LogP contribution in [0.15, 0.2) is 30.5 Å². The Morgan fingerprint density at radius 1 is 1.32 bits per heavy atom. The van der Waals surface area contributed by atoms with Crippen LogP contribution in [0.2, 0.25) is 5.02 Å². The standard InChI is InChI=1S/C15H19ClN2O/c1-10(2)18-7-6-13(17-18)9-15(19)14-5-4-12(16)8-11(14)3/h4-8,10,15,19H,9H2,1-3H3. The molecule has 0 amide bonds. The number of hydrogen-bond acceptors (Lipinski definition) is 2. The second kappa shape index (κ2) is 5.76. The molecule has 1 atom stereocenters. The summed E-state index contributed by atoms with van der Waals surface area (Å²) in [5.74, 6) is 0. The lowest BCUT2D eigenvalue weighted by atomic mass is 10.0. The van der Waals surface area contributed by atoms with Crippen molar-refractivity contribution in [1.82, 2.24) is 9.78 Å². The van der Waals surface area contributed by atoms with Crippen LogP contribution in [0.5, 0.6) is 0 Å². The van der Waals surface area contributed by atoms with Crippen LogP contribution in [0, 0.1) is 6.92 Å². The second-order valence-corrected chi connectivity index (χ2v) is 5.54. The number of halogens is 1. The molecule has 0 aliphatic heterocycles. The van der Waals surface area contributed by atoms with Crippen molar-refractivity contribution in [3.63, 3.8) is 0 Å². The average Bonchev–Trinajstić information content (AvgIpc) is 2.77. The molecule has 0 fully saturated rings. The fraction of sp³-hybridized carbons (Fsp3) is 0.400. The molecule has 1 heterocycles. The highest BCUT2D eigenvalue weighted by molar-refractivity contribution is 6.30. The topological polar surface area (TPSA) is 38.0 Å². The Balaban J connectivity index is 2.13. The summed E-state index contributed by atoms with van der Waals surface area (Å²) in [5, 5.41) is 15.4.